The second-order valence-electron chi connectivity index (χ2n) is 9.81. The van der Waals surface area contributed by atoms with Crippen LogP contribution < -0.4 is 15.1 Å². The lowest BCUT2D eigenvalue weighted by atomic mass is 10.0. The van der Waals surface area contributed by atoms with E-state index in [-0.39, 0.29) is 5.91 Å². The number of carbonyl (C=O) groups is 1. The van der Waals surface area contributed by atoms with Crippen molar-refractivity contribution in [3.63, 3.8) is 0 Å². The van der Waals surface area contributed by atoms with Crippen molar-refractivity contribution in [2.75, 3.05) is 54.5 Å². The molecule has 0 bridgehead atoms. The summed E-state index contributed by atoms with van der Waals surface area (Å²) in [5.41, 5.74) is 3.37. The molecule has 0 spiro atoms. The van der Waals surface area contributed by atoms with Crippen LogP contribution in [0.2, 0.25) is 0 Å². The number of hydrogen-bond donors (Lipinski definition) is 2. The van der Waals surface area contributed by atoms with Crippen molar-refractivity contribution in [2.24, 2.45) is 0 Å². The molecular weight excluding hydrogens is 473 g/mol. The number of anilines is 3. The monoisotopic (exact) mass is 501 g/mol. The first kappa shape index (κ1) is 23.4. The van der Waals surface area contributed by atoms with E-state index in [0.29, 0.717) is 49.9 Å². The Kier molecular flexibility index (Phi) is 5.96. The molecule has 4 aromatic rings. The van der Waals surface area contributed by atoms with E-state index >= 15 is 0 Å². The molecule has 190 valence electrons. The van der Waals surface area contributed by atoms with Crippen molar-refractivity contribution in [2.45, 2.75) is 19.0 Å². The van der Waals surface area contributed by atoms with E-state index < -0.39 is 5.67 Å². The fourth-order valence-corrected chi connectivity index (χ4v) is 4.90. The van der Waals surface area contributed by atoms with Crippen LogP contribution in [0.1, 0.15) is 23.8 Å². The van der Waals surface area contributed by atoms with Crippen LogP contribution in [-0.4, -0.2) is 71.1 Å². The predicted octanol–water partition coefficient (Wildman–Crippen LogP) is 4.05. The van der Waals surface area contributed by atoms with E-state index in [1.165, 1.54) is 0 Å². The lowest BCUT2D eigenvalue weighted by Crippen LogP contribution is -2.36. The third kappa shape index (κ3) is 4.84. The number of halogens is 1. The summed E-state index contributed by atoms with van der Waals surface area (Å²) in [6, 6.07) is 11.5. The van der Waals surface area contributed by atoms with Gasteiger partial charge in [0.25, 0.3) is 5.91 Å². The highest BCUT2D eigenvalue weighted by Gasteiger charge is 2.34. The number of nitrogens with zero attached hydrogens (tertiary/aromatic N) is 5. The van der Waals surface area contributed by atoms with Crippen molar-refractivity contribution >= 4 is 34.0 Å². The number of hydrogen-bond acceptors (Lipinski definition) is 7. The number of fused-ring (bicyclic) bond motifs is 1. The molecule has 1 atom stereocenters. The van der Waals surface area contributed by atoms with Gasteiger partial charge in [0.05, 0.1) is 49.0 Å². The molecule has 1 aromatic carbocycles. The molecule has 1 amide bonds. The van der Waals surface area contributed by atoms with Gasteiger partial charge in [-0.25, -0.2) is 9.37 Å². The number of carbonyl (C=O) groups excluding carboxylic acids is 1. The molecule has 1 unspecified atom stereocenters. The second kappa shape index (κ2) is 9.44. The lowest BCUT2D eigenvalue weighted by molar-refractivity contribution is 0.102. The van der Waals surface area contributed by atoms with Gasteiger partial charge < -0.3 is 19.9 Å². The highest BCUT2D eigenvalue weighted by atomic mass is 19.1. The summed E-state index contributed by atoms with van der Waals surface area (Å²) in [6.07, 6.45) is 5.76. The Morgan fingerprint density at radius 1 is 1.05 bits per heavy atom. The van der Waals surface area contributed by atoms with E-state index in [2.05, 4.69) is 36.4 Å². The minimum atomic E-state index is -1.20. The van der Waals surface area contributed by atoms with Gasteiger partial charge >= 0.3 is 0 Å². The molecular formula is C27H28FN7O2. The number of aromatic nitrogens is 4. The van der Waals surface area contributed by atoms with Gasteiger partial charge in [-0.3, -0.25) is 14.9 Å². The van der Waals surface area contributed by atoms with Gasteiger partial charge in [0.1, 0.15) is 11.5 Å². The summed E-state index contributed by atoms with van der Waals surface area (Å²) in [7, 11) is 0. The van der Waals surface area contributed by atoms with E-state index in [1.807, 2.05) is 35.5 Å². The summed E-state index contributed by atoms with van der Waals surface area (Å²) >= 11 is 0. The molecule has 2 aliphatic rings. The largest absolute Gasteiger partial charge is 0.378 e. The predicted molar refractivity (Wildman–Crippen MR) is 141 cm³/mol. The Morgan fingerprint density at radius 2 is 1.92 bits per heavy atom. The van der Waals surface area contributed by atoms with E-state index in [0.717, 1.165) is 40.8 Å². The maximum absolute atomic E-state index is 14.2. The molecule has 3 aromatic heterocycles. The molecule has 2 aliphatic heterocycles. The zero-order valence-electron chi connectivity index (χ0n) is 20.6. The number of rotatable bonds is 5. The van der Waals surface area contributed by atoms with Crippen LogP contribution in [0.4, 0.5) is 21.6 Å². The van der Waals surface area contributed by atoms with E-state index in [1.54, 1.807) is 25.3 Å². The zero-order chi connectivity index (χ0) is 25.4. The lowest BCUT2D eigenvalue weighted by Gasteiger charge is -2.28. The zero-order valence-corrected chi connectivity index (χ0v) is 20.6. The van der Waals surface area contributed by atoms with Gasteiger partial charge in [-0.2, -0.15) is 5.10 Å². The summed E-state index contributed by atoms with van der Waals surface area (Å²) in [5.74, 6) is 0.359. The van der Waals surface area contributed by atoms with Crippen LogP contribution in [0, 0.1) is 0 Å². The Bertz CT molecular complexity index is 1430. The van der Waals surface area contributed by atoms with Crippen LogP contribution in [-0.2, 0) is 4.74 Å². The molecule has 0 saturated carbocycles. The molecule has 2 fully saturated rings. The average molecular weight is 502 g/mol. The number of morpholine rings is 1. The van der Waals surface area contributed by atoms with Gasteiger partial charge in [0, 0.05) is 43.2 Å². The summed E-state index contributed by atoms with van der Waals surface area (Å²) in [6.45, 7) is 5.63. The molecule has 0 radical (unpaired) electrons. The molecule has 2 saturated heterocycles. The number of benzene rings is 1. The minimum absolute atomic E-state index is 0.297. The smallest absolute Gasteiger partial charge is 0.276 e. The second-order valence-corrected chi connectivity index (χ2v) is 9.81. The third-order valence-corrected chi connectivity index (χ3v) is 6.96. The number of ether oxygens (including phenoxy) is 1. The fraction of sp³-hybridized carbons (Fsp3) is 0.333. The van der Waals surface area contributed by atoms with Crippen LogP contribution in [0.15, 0.2) is 55.0 Å². The molecule has 0 aliphatic carbocycles. The summed E-state index contributed by atoms with van der Waals surface area (Å²) < 4.78 is 19.6. The normalized spacial score (nSPS) is 19.9. The number of alkyl halides is 1. The Labute approximate surface area is 213 Å². The molecule has 37 heavy (non-hydrogen) atoms. The van der Waals surface area contributed by atoms with Gasteiger partial charge in [0.2, 0.25) is 0 Å². The maximum atomic E-state index is 14.2. The molecule has 5 heterocycles. The van der Waals surface area contributed by atoms with Crippen molar-refractivity contribution in [1.82, 2.24) is 20.2 Å². The highest BCUT2D eigenvalue weighted by Crippen LogP contribution is 2.30. The van der Waals surface area contributed by atoms with Crippen LogP contribution in [0.25, 0.3) is 22.0 Å². The van der Waals surface area contributed by atoms with Crippen molar-refractivity contribution in [1.29, 1.82) is 0 Å². The molecule has 6 rings (SSSR count). The Morgan fingerprint density at radius 3 is 2.68 bits per heavy atom. The van der Waals surface area contributed by atoms with E-state index in [9.17, 15) is 9.18 Å². The third-order valence-electron chi connectivity index (χ3n) is 6.96. The average Bonchev–Trinajstić information content (AvgIpc) is 3.52. The van der Waals surface area contributed by atoms with Gasteiger partial charge in [-0.05, 0) is 42.8 Å². The number of amides is 1. The number of H-pyrrole nitrogens is 1. The molecule has 2 N–H and O–H groups in total. The molecule has 9 nitrogen and oxygen atoms in total. The highest BCUT2D eigenvalue weighted by molar-refractivity contribution is 6.11. The number of nitrogens with one attached hydrogen (secondary N) is 2. The summed E-state index contributed by atoms with van der Waals surface area (Å²) in [5, 5.41) is 10.8. The number of pyridine rings is 2. The number of aromatic amines is 1. The van der Waals surface area contributed by atoms with Crippen molar-refractivity contribution in [3.05, 3.63) is 60.7 Å². The van der Waals surface area contributed by atoms with Gasteiger partial charge in [-0.15, -0.1) is 0 Å². The standard InChI is InChI=1S/C27H28FN7O2/c1-27(28)6-7-35(17-27)24-5-3-20(15-30-24)31-26(36)25-22-13-18(2-4-23(22)32-33-25)19-12-21(16-29-14-19)34-8-10-37-11-9-34/h2-5,12-16H,6-11,17H2,1H3,(H,31,36)(H,32,33). The van der Waals surface area contributed by atoms with Crippen LogP contribution in [0.5, 0.6) is 0 Å². The first-order chi connectivity index (χ1) is 17.9. The SMILES string of the molecule is CC1(F)CCN(c2ccc(NC(=O)c3n[nH]c4ccc(-c5cncc(N6CCOCC6)c5)cc34)cn2)C1. The van der Waals surface area contributed by atoms with Crippen LogP contribution in [0.3, 0.4) is 0 Å². The first-order valence-electron chi connectivity index (χ1n) is 12.4. The van der Waals surface area contributed by atoms with Gasteiger partial charge in [-0.1, -0.05) is 6.07 Å². The Balaban J connectivity index is 1.21. The Hall–Kier alpha value is -4.05. The van der Waals surface area contributed by atoms with Gasteiger partial charge in [0.15, 0.2) is 5.69 Å². The fourth-order valence-electron chi connectivity index (χ4n) is 4.90. The maximum Gasteiger partial charge on any atom is 0.276 e. The topological polar surface area (TPSA) is 99.3 Å². The first-order valence-corrected chi connectivity index (χ1v) is 12.4. The molecule has 10 heteroatoms. The van der Waals surface area contributed by atoms with Crippen molar-refractivity contribution < 1.29 is 13.9 Å². The van der Waals surface area contributed by atoms with E-state index in [4.69, 9.17) is 4.74 Å². The van der Waals surface area contributed by atoms with Crippen LogP contribution >= 0.6 is 0 Å². The minimum Gasteiger partial charge on any atom is -0.378 e. The van der Waals surface area contributed by atoms with Crippen molar-refractivity contribution in [3.8, 4) is 11.1 Å². The quantitative estimate of drug-likeness (QED) is 0.426. The summed E-state index contributed by atoms with van der Waals surface area (Å²) in [4.78, 5) is 26.1.